The molecule has 0 amide bonds. The highest BCUT2D eigenvalue weighted by molar-refractivity contribution is 9.10. The molecule has 1 aromatic carbocycles. The van der Waals surface area contributed by atoms with Gasteiger partial charge in [-0.2, -0.15) is 0 Å². The van der Waals surface area contributed by atoms with E-state index in [2.05, 4.69) is 20.9 Å². The van der Waals surface area contributed by atoms with Crippen LogP contribution in [-0.2, 0) is 0 Å². The summed E-state index contributed by atoms with van der Waals surface area (Å²) in [6.07, 6.45) is 0. The van der Waals surface area contributed by atoms with Crippen molar-refractivity contribution in [2.75, 3.05) is 0 Å². The first-order valence-corrected chi connectivity index (χ1v) is 8.23. The fourth-order valence-electron chi connectivity index (χ4n) is 1.77. The van der Waals surface area contributed by atoms with Gasteiger partial charge in [-0.1, -0.05) is 12.1 Å². The minimum atomic E-state index is -0.926. The Hall–Kier alpha value is -1.50. The van der Waals surface area contributed by atoms with Crippen molar-refractivity contribution in [3.8, 4) is 21.1 Å². The SMILES string of the molecule is O=C(O)c1cccc(-c2nc(-c3sccc3Br)cs2)c1. The molecule has 20 heavy (non-hydrogen) atoms. The number of carboxylic acids is 1. The van der Waals surface area contributed by atoms with E-state index in [-0.39, 0.29) is 5.56 Å². The van der Waals surface area contributed by atoms with Gasteiger partial charge in [0, 0.05) is 15.4 Å². The number of hydrogen-bond donors (Lipinski definition) is 1. The summed E-state index contributed by atoms with van der Waals surface area (Å²) in [5.74, 6) is -0.926. The predicted octanol–water partition coefficient (Wildman–Crippen LogP) is 5.00. The highest BCUT2D eigenvalue weighted by Gasteiger charge is 2.11. The molecule has 0 atom stereocenters. The van der Waals surface area contributed by atoms with Crippen molar-refractivity contribution < 1.29 is 9.90 Å². The quantitative estimate of drug-likeness (QED) is 0.710. The van der Waals surface area contributed by atoms with E-state index < -0.39 is 5.97 Å². The fraction of sp³-hybridized carbons (Fsp3) is 0. The van der Waals surface area contributed by atoms with Crippen molar-refractivity contribution in [1.29, 1.82) is 0 Å². The van der Waals surface area contributed by atoms with Crippen LogP contribution in [-0.4, -0.2) is 16.1 Å². The molecule has 0 spiro atoms. The number of rotatable bonds is 3. The Bertz CT molecular complexity index is 779. The van der Waals surface area contributed by atoms with Crippen LogP contribution in [0.25, 0.3) is 21.1 Å². The Morgan fingerprint density at radius 1 is 1.25 bits per heavy atom. The lowest BCUT2D eigenvalue weighted by atomic mass is 10.1. The Labute approximate surface area is 131 Å². The number of carboxylic acid groups (broad SMARTS) is 1. The van der Waals surface area contributed by atoms with E-state index >= 15 is 0 Å². The summed E-state index contributed by atoms with van der Waals surface area (Å²) in [6.45, 7) is 0. The Morgan fingerprint density at radius 2 is 2.10 bits per heavy atom. The van der Waals surface area contributed by atoms with Gasteiger partial charge in [0.05, 0.1) is 16.1 Å². The molecule has 2 aromatic heterocycles. The van der Waals surface area contributed by atoms with Gasteiger partial charge in [0.2, 0.25) is 0 Å². The van der Waals surface area contributed by atoms with Crippen molar-refractivity contribution in [2.24, 2.45) is 0 Å². The molecule has 0 fully saturated rings. The van der Waals surface area contributed by atoms with Crippen LogP contribution in [0, 0.1) is 0 Å². The van der Waals surface area contributed by atoms with E-state index in [1.165, 1.54) is 11.3 Å². The number of thiazole rings is 1. The van der Waals surface area contributed by atoms with Crippen LogP contribution in [0.4, 0.5) is 0 Å². The van der Waals surface area contributed by atoms with E-state index in [4.69, 9.17) is 5.11 Å². The molecule has 3 nitrogen and oxygen atoms in total. The summed E-state index contributed by atoms with van der Waals surface area (Å²) in [5, 5.41) is 13.8. The zero-order valence-electron chi connectivity index (χ0n) is 10.0. The van der Waals surface area contributed by atoms with Crippen LogP contribution in [0.2, 0.25) is 0 Å². The first-order valence-electron chi connectivity index (χ1n) is 5.68. The number of hydrogen-bond acceptors (Lipinski definition) is 4. The number of carbonyl (C=O) groups is 1. The first-order chi connectivity index (χ1) is 9.65. The van der Waals surface area contributed by atoms with Gasteiger partial charge >= 0.3 is 5.97 Å². The summed E-state index contributed by atoms with van der Waals surface area (Å²) in [4.78, 5) is 16.7. The van der Waals surface area contributed by atoms with Gasteiger partial charge in [0.25, 0.3) is 0 Å². The third-order valence-corrected chi connectivity index (χ3v) is 5.46. The first kappa shape index (κ1) is 13.5. The van der Waals surface area contributed by atoms with Crippen LogP contribution in [0.1, 0.15) is 10.4 Å². The largest absolute Gasteiger partial charge is 0.478 e. The second-order valence-corrected chi connectivity index (χ2v) is 6.65. The van der Waals surface area contributed by atoms with E-state index in [1.807, 2.05) is 22.9 Å². The normalized spacial score (nSPS) is 10.7. The third kappa shape index (κ3) is 2.54. The molecular weight excluding hydrogens is 358 g/mol. The Morgan fingerprint density at radius 3 is 2.80 bits per heavy atom. The van der Waals surface area contributed by atoms with Crippen molar-refractivity contribution >= 4 is 44.6 Å². The van der Waals surface area contributed by atoms with E-state index in [0.717, 1.165) is 25.6 Å². The van der Waals surface area contributed by atoms with Crippen molar-refractivity contribution in [1.82, 2.24) is 4.98 Å². The standard InChI is InChI=1S/C14H8BrNO2S2/c15-10-4-5-19-12(10)11-7-20-13(16-11)8-2-1-3-9(6-8)14(17)18/h1-7H,(H,17,18). The summed E-state index contributed by atoms with van der Waals surface area (Å²) >= 11 is 6.63. The summed E-state index contributed by atoms with van der Waals surface area (Å²) in [5.41, 5.74) is 2.01. The van der Waals surface area contributed by atoms with Gasteiger partial charge in [-0.3, -0.25) is 0 Å². The number of benzene rings is 1. The minimum absolute atomic E-state index is 0.275. The highest BCUT2D eigenvalue weighted by atomic mass is 79.9. The average molecular weight is 366 g/mol. The van der Waals surface area contributed by atoms with Crippen LogP contribution in [0.3, 0.4) is 0 Å². The van der Waals surface area contributed by atoms with Crippen LogP contribution in [0.15, 0.2) is 45.6 Å². The Kier molecular flexibility index (Phi) is 3.69. The van der Waals surface area contributed by atoms with E-state index in [9.17, 15) is 4.79 Å². The number of aromatic carboxylic acids is 1. The zero-order chi connectivity index (χ0) is 14.1. The van der Waals surface area contributed by atoms with Crippen molar-refractivity contribution in [2.45, 2.75) is 0 Å². The third-order valence-electron chi connectivity index (χ3n) is 2.71. The maximum absolute atomic E-state index is 11.0. The summed E-state index contributed by atoms with van der Waals surface area (Å²) in [6, 6.07) is 8.83. The second kappa shape index (κ2) is 5.47. The van der Waals surface area contributed by atoms with Crippen molar-refractivity contribution in [3.05, 3.63) is 51.1 Å². The summed E-state index contributed by atoms with van der Waals surface area (Å²) in [7, 11) is 0. The number of aromatic nitrogens is 1. The topological polar surface area (TPSA) is 50.2 Å². The lowest BCUT2D eigenvalue weighted by Crippen LogP contribution is -1.95. The maximum atomic E-state index is 11.0. The lowest BCUT2D eigenvalue weighted by Gasteiger charge is -1.98. The van der Waals surface area contributed by atoms with Gasteiger partial charge in [-0.15, -0.1) is 22.7 Å². The Balaban J connectivity index is 2.00. The van der Waals surface area contributed by atoms with Crippen LogP contribution >= 0.6 is 38.6 Å². The molecule has 100 valence electrons. The van der Waals surface area contributed by atoms with Crippen molar-refractivity contribution in [3.63, 3.8) is 0 Å². The van der Waals surface area contributed by atoms with Gasteiger partial charge < -0.3 is 5.11 Å². The maximum Gasteiger partial charge on any atom is 0.335 e. The van der Waals surface area contributed by atoms with E-state index in [0.29, 0.717) is 0 Å². The smallest absolute Gasteiger partial charge is 0.335 e. The van der Waals surface area contributed by atoms with Gasteiger partial charge in [-0.25, -0.2) is 9.78 Å². The van der Waals surface area contributed by atoms with E-state index in [1.54, 1.807) is 29.5 Å². The van der Waals surface area contributed by atoms with Gasteiger partial charge in [0.1, 0.15) is 5.01 Å². The minimum Gasteiger partial charge on any atom is -0.478 e. The number of halogens is 1. The monoisotopic (exact) mass is 365 g/mol. The second-order valence-electron chi connectivity index (χ2n) is 4.02. The number of thiophene rings is 1. The molecule has 0 aliphatic carbocycles. The molecule has 3 rings (SSSR count). The lowest BCUT2D eigenvalue weighted by molar-refractivity contribution is 0.0697. The molecule has 0 radical (unpaired) electrons. The molecule has 3 aromatic rings. The van der Waals surface area contributed by atoms with Crippen LogP contribution < -0.4 is 0 Å². The molecule has 0 aliphatic rings. The average Bonchev–Trinajstić information content (AvgIpc) is 3.07. The van der Waals surface area contributed by atoms with Crippen LogP contribution in [0.5, 0.6) is 0 Å². The molecule has 0 saturated carbocycles. The predicted molar refractivity (Wildman–Crippen MR) is 85.5 cm³/mol. The molecule has 2 heterocycles. The molecular formula is C14H8BrNO2S2. The molecule has 0 unspecified atom stereocenters. The molecule has 1 N–H and O–H groups in total. The fourth-order valence-corrected chi connectivity index (χ4v) is 4.19. The van der Waals surface area contributed by atoms with Gasteiger partial charge in [0.15, 0.2) is 0 Å². The molecule has 0 saturated heterocycles. The molecule has 0 aliphatic heterocycles. The van der Waals surface area contributed by atoms with Gasteiger partial charge in [-0.05, 0) is 39.5 Å². The number of nitrogens with zero attached hydrogens (tertiary/aromatic N) is 1. The zero-order valence-corrected chi connectivity index (χ0v) is 13.3. The molecule has 6 heteroatoms. The summed E-state index contributed by atoms with van der Waals surface area (Å²) < 4.78 is 1.03. The molecule has 0 bridgehead atoms. The highest BCUT2D eigenvalue weighted by Crippen LogP contribution is 2.36.